The lowest BCUT2D eigenvalue weighted by molar-refractivity contribution is -0.137. The molecular formula is C22H15ClF3N3O. The monoisotopic (exact) mass is 429 g/mol. The number of anilines is 1. The number of fused-ring (bicyclic) bond motifs is 1. The van der Waals surface area contributed by atoms with Crippen molar-refractivity contribution in [3.63, 3.8) is 0 Å². The summed E-state index contributed by atoms with van der Waals surface area (Å²) in [5.41, 5.74) is 0.770. The zero-order valence-electron chi connectivity index (χ0n) is 15.4. The van der Waals surface area contributed by atoms with Gasteiger partial charge in [0.2, 0.25) is 0 Å². The van der Waals surface area contributed by atoms with Crippen molar-refractivity contribution in [3.05, 3.63) is 94.9 Å². The molecule has 0 bridgehead atoms. The minimum Gasteiger partial charge on any atom is -0.505 e. The van der Waals surface area contributed by atoms with Crippen LogP contribution < -0.4 is 5.32 Å². The first kappa shape index (κ1) is 20.0. The number of alkyl halides is 3. The zero-order valence-corrected chi connectivity index (χ0v) is 16.1. The van der Waals surface area contributed by atoms with Gasteiger partial charge in [-0.05, 0) is 35.9 Å². The van der Waals surface area contributed by atoms with Crippen LogP contribution in [0.1, 0.15) is 22.7 Å². The summed E-state index contributed by atoms with van der Waals surface area (Å²) in [6, 6.07) is 13.5. The van der Waals surface area contributed by atoms with Gasteiger partial charge in [0.05, 0.1) is 16.6 Å². The topological polar surface area (TPSA) is 58.0 Å². The molecule has 30 heavy (non-hydrogen) atoms. The molecule has 0 amide bonds. The van der Waals surface area contributed by atoms with E-state index >= 15 is 0 Å². The number of nitrogens with zero attached hydrogens (tertiary/aromatic N) is 2. The van der Waals surface area contributed by atoms with Crippen LogP contribution in [0.25, 0.3) is 10.9 Å². The highest BCUT2D eigenvalue weighted by Gasteiger charge is 2.33. The van der Waals surface area contributed by atoms with Crippen molar-refractivity contribution in [2.45, 2.75) is 12.2 Å². The van der Waals surface area contributed by atoms with Gasteiger partial charge in [0, 0.05) is 35.2 Å². The molecule has 1 unspecified atom stereocenters. The fraction of sp³-hybridized carbons (Fsp3) is 0.0909. The second-order valence-electron chi connectivity index (χ2n) is 6.63. The van der Waals surface area contributed by atoms with Gasteiger partial charge in [-0.15, -0.1) is 0 Å². The van der Waals surface area contributed by atoms with Crippen LogP contribution in [0.3, 0.4) is 0 Å². The number of aromatic hydroxyl groups is 1. The Morgan fingerprint density at radius 3 is 2.53 bits per heavy atom. The van der Waals surface area contributed by atoms with Crippen LogP contribution in [0.2, 0.25) is 5.02 Å². The van der Waals surface area contributed by atoms with Gasteiger partial charge in [-0.25, -0.2) is 0 Å². The number of benzene rings is 2. The molecule has 0 aliphatic rings. The van der Waals surface area contributed by atoms with Gasteiger partial charge < -0.3 is 10.4 Å². The molecule has 2 N–H and O–H groups in total. The second-order valence-corrected chi connectivity index (χ2v) is 7.04. The maximum absolute atomic E-state index is 13.3. The van der Waals surface area contributed by atoms with Gasteiger partial charge in [-0.3, -0.25) is 9.97 Å². The minimum atomic E-state index is -4.59. The lowest BCUT2D eigenvalue weighted by Crippen LogP contribution is -2.14. The average Bonchev–Trinajstić information content (AvgIpc) is 2.74. The summed E-state index contributed by atoms with van der Waals surface area (Å²) in [6.45, 7) is 0. The Kier molecular flexibility index (Phi) is 5.22. The Bertz CT molecular complexity index is 1200. The van der Waals surface area contributed by atoms with Crippen LogP contribution in [-0.4, -0.2) is 15.1 Å². The van der Waals surface area contributed by atoms with Crippen molar-refractivity contribution < 1.29 is 18.3 Å². The number of hydrogen-bond donors (Lipinski definition) is 2. The maximum atomic E-state index is 13.3. The van der Waals surface area contributed by atoms with E-state index in [4.69, 9.17) is 11.6 Å². The molecule has 2 heterocycles. The molecule has 0 aliphatic carbocycles. The molecule has 152 valence electrons. The van der Waals surface area contributed by atoms with Gasteiger partial charge in [-0.1, -0.05) is 35.9 Å². The van der Waals surface area contributed by atoms with Gasteiger partial charge in [-0.2, -0.15) is 13.2 Å². The van der Waals surface area contributed by atoms with Crippen LogP contribution in [-0.2, 0) is 6.18 Å². The molecule has 0 fully saturated rings. The molecule has 8 heteroatoms. The fourth-order valence-electron chi connectivity index (χ4n) is 3.26. The van der Waals surface area contributed by atoms with Gasteiger partial charge in [0.15, 0.2) is 0 Å². The van der Waals surface area contributed by atoms with Crippen molar-refractivity contribution >= 4 is 28.2 Å². The van der Waals surface area contributed by atoms with E-state index in [1.165, 1.54) is 12.1 Å². The predicted molar refractivity (Wildman–Crippen MR) is 110 cm³/mol. The molecule has 2 aromatic heterocycles. The quantitative estimate of drug-likeness (QED) is 0.405. The summed E-state index contributed by atoms with van der Waals surface area (Å²) in [5, 5.41) is 14.3. The van der Waals surface area contributed by atoms with Gasteiger partial charge in [0.25, 0.3) is 0 Å². The van der Waals surface area contributed by atoms with E-state index in [9.17, 15) is 18.3 Å². The highest BCUT2D eigenvalue weighted by molar-refractivity contribution is 6.31. The van der Waals surface area contributed by atoms with Crippen molar-refractivity contribution in [3.8, 4) is 5.75 Å². The van der Waals surface area contributed by atoms with Crippen molar-refractivity contribution in [1.29, 1.82) is 0 Å². The van der Waals surface area contributed by atoms with E-state index in [0.717, 1.165) is 11.5 Å². The molecule has 2 aromatic carbocycles. The van der Waals surface area contributed by atoms with E-state index < -0.39 is 17.8 Å². The Hall–Kier alpha value is -3.32. The summed E-state index contributed by atoms with van der Waals surface area (Å²) in [4.78, 5) is 8.32. The van der Waals surface area contributed by atoms with Crippen LogP contribution in [0.4, 0.5) is 18.9 Å². The maximum Gasteiger partial charge on any atom is 0.417 e. The molecule has 0 radical (unpaired) electrons. The number of nitrogens with one attached hydrogen (secondary N) is 1. The standard InChI is InChI=1S/C22H15ClF3N3O/c23-18-8-6-15(11-17(18)22(24,25)26)29-19(14-4-1-9-27-12-14)16-7-5-13-3-2-10-28-20(13)21(16)30/h1-12,19,29-30H. The number of halogens is 4. The largest absolute Gasteiger partial charge is 0.505 e. The SMILES string of the molecule is Oc1c(C(Nc2ccc(Cl)c(C(F)(F)F)c2)c2cccnc2)ccc2cccnc12. The number of hydrogen-bond acceptors (Lipinski definition) is 4. The van der Waals surface area contributed by atoms with Crippen molar-refractivity contribution in [2.24, 2.45) is 0 Å². The molecule has 0 saturated carbocycles. The van der Waals surface area contributed by atoms with Gasteiger partial charge >= 0.3 is 6.18 Å². The Morgan fingerprint density at radius 1 is 1.00 bits per heavy atom. The van der Waals surface area contributed by atoms with E-state index in [2.05, 4.69) is 15.3 Å². The Morgan fingerprint density at radius 2 is 1.80 bits per heavy atom. The second kappa shape index (κ2) is 7.84. The highest BCUT2D eigenvalue weighted by atomic mass is 35.5. The Labute approximate surface area is 175 Å². The Balaban J connectivity index is 1.83. The summed E-state index contributed by atoms with van der Waals surface area (Å²) >= 11 is 5.74. The first-order chi connectivity index (χ1) is 14.3. The summed E-state index contributed by atoms with van der Waals surface area (Å²) in [5.74, 6) is -0.0561. The number of aromatic nitrogens is 2. The van der Waals surface area contributed by atoms with E-state index in [0.29, 0.717) is 16.6 Å². The first-order valence-electron chi connectivity index (χ1n) is 8.94. The molecule has 0 aliphatic heterocycles. The number of phenolic OH excluding ortho intramolecular Hbond substituents is 1. The van der Waals surface area contributed by atoms with Gasteiger partial charge in [0.1, 0.15) is 11.3 Å². The number of rotatable bonds is 4. The van der Waals surface area contributed by atoms with Crippen molar-refractivity contribution in [1.82, 2.24) is 9.97 Å². The normalized spacial score (nSPS) is 12.7. The molecule has 1 atom stereocenters. The molecule has 4 rings (SSSR count). The van der Waals surface area contributed by atoms with E-state index in [-0.39, 0.29) is 16.5 Å². The summed E-state index contributed by atoms with van der Waals surface area (Å²) in [6.07, 6.45) is 0.146. The van der Waals surface area contributed by atoms with E-state index in [1.807, 2.05) is 6.07 Å². The third-order valence-corrected chi connectivity index (χ3v) is 5.02. The minimum absolute atomic E-state index is 0.0561. The van der Waals surface area contributed by atoms with Crippen LogP contribution in [0, 0.1) is 0 Å². The average molecular weight is 430 g/mol. The molecule has 0 spiro atoms. The first-order valence-corrected chi connectivity index (χ1v) is 9.32. The zero-order chi connectivity index (χ0) is 21.3. The fourth-order valence-corrected chi connectivity index (χ4v) is 3.49. The highest BCUT2D eigenvalue weighted by Crippen LogP contribution is 2.39. The van der Waals surface area contributed by atoms with Crippen LogP contribution in [0.15, 0.2) is 73.2 Å². The summed E-state index contributed by atoms with van der Waals surface area (Å²) < 4.78 is 39.8. The van der Waals surface area contributed by atoms with Crippen molar-refractivity contribution in [2.75, 3.05) is 5.32 Å². The molecule has 0 saturated heterocycles. The molecular weight excluding hydrogens is 415 g/mol. The third kappa shape index (κ3) is 3.89. The smallest absolute Gasteiger partial charge is 0.417 e. The molecule has 4 nitrogen and oxygen atoms in total. The van der Waals surface area contributed by atoms with E-state index in [1.54, 1.807) is 48.9 Å². The van der Waals surface area contributed by atoms with Crippen LogP contribution in [0.5, 0.6) is 5.75 Å². The predicted octanol–water partition coefficient (Wildman–Crippen LogP) is 6.21. The lowest BCUT2D eigenvalue weighted by Gasteiger charge is -2.23. The third-order valence-electron chi connectivity index (χ3n) is 4.69. The lowest BCUT2D eigenvalue weighted by atomic mass is 9.97. The summed E-state index contributed by atoms with van der Waals surface area (Å²) in [7, 11) is 0. The number of phenols is 1. The van der Waals surface area contributed by atoms with Crippen LogP contribution >= 0.6 is 11.6 Å². The molecule has 4 aromatic rings. The number of pyridine rings is 2.